The Hall–Kier alpha value is -5.63. The van der Waals surface area contributed by atoms with Crippen LogP contribution in [0.4, 0.5) is 10.7 Å². The van der Waals surface area contributed by atoms with Crippen LogP contribution in [-0.4, -0.2) is 30.1 Å². The molecule has 234 valence electrons. The molecule has 5 aromatic rings. The zero-order valence-electron chi connectivity index (χ0n) is 25.4. The van der Waals surface area contributed by atoms with Gasteiger partial charge in [-0.25, -0.2) is 0 Å². The lowest BCUT2D eigenvalue weighted by Gasteiger charge is -2.12. The van der Waals surface area contributed by atoms with Crippen LogP contribution in [0.15, 0.2) is 125 Å². The van der Waals surface area contributed by atoms with Crippen molar-refractivity contribution in [2.45, 2.75) is 11.8 Å². The first-order valence-corrected chi connectivity index (χ1v) is 16.5. The Kier molecular flexibility index (Phi) is 11.2. The zero-order valence-corrected chi connectivity index (χ0v) is 27.0. The molecule has 0 aliphatic carbocycles. The third-order valence-electron chi connectivity index (χ3n) is 6.73. The molecule has 5 rings (SSSR count). The Bertz CT molecular complexity index is 1930. The highest BCUT2D eigenvalue weighted by atomic mass is 32.2. The summed E-state index contributed by atoms with van der Waals surface area (Å²) in [5.41, 5.74) is 3.77. The van der Waals surface area contributed by atoms with Gasteiger partial charge in [-0.2, -0.15) is 5.26 Å². The lowest BCUT2D eigenvalue weighted by atomic mass is 10.1. The van der Waals surface area contributed by atoms with Crippen molar-refractivity contribution in [3.63, 3.8) is 0 Å². The molecule has 0 fully saturated rings. The molecule has 1 heterocycles. The van der Waals surface area contributed by atoms with Crippen LogP contribution in [0.5, 0.6) is 5.75 Å². The maximum absolute atomic E-state index is 13.5. The molecular weight excluding hydrogens is 629 g/mol. The Morgan fingerprint density at radius 2 is 1.62 bits per heavy atom. The first-order chi connectivity index (χ1) is 22.9. The van der Waals surface area contributed by atoms with Crippen LogP contribution in [0.2, 0.25) is 0 Å². The van der Waals surface area contributed by atoms with Gasteiger partial charge in [0.15, 0.2) is 0 Å². The lowest BCUT2D eigenvalue weighted by molar-refractivity contribution is -0.114. The number of ether oxygens (including phenoxy) is 1. The van der Waals surface area contributed by atoms with Crippen molar-refractivity contribution >= 4 is 57.6 Å². The minimum Gasteiger partial charge on any atom is -0.494 e. The van der Waals surface area contributed by atoms with Crippen molar-refractivity contribution in [2.24, 2.45) is 0 Å². The molecule has 10 heteroatoms. The van der Waals surface area contributed by atoms with Crippen molar-refractivity contribution < 1.29 is 19.1 Å². The van der Waals surface area contributed by atoms with Crippen LogP contribution in [-0.2, 0) is 9.59 Å². The van der Waals surface area contributed by atoms with E-state index in [1.165, 1.54) is 23.1 Å². The number of nitriles is 1. The summed E-state index contributed by atoms with van der Waals surface area (Å²) in [7, 11) is 0. The maximum Gasteiger partial charge on any atom is 0.272 e. The number of thioether (sulfide) groups is 1. The molecule has 0 radical (unpaired) electrons. The number of hydrogen-bond acceptors (Lipinski definition) is 7. The number of anilines is 2. The summed E-state index contributed by atoms with van der Waals surface area (Å²) >= 11 is 2.60. The third-order valence-corrected chi connectivity index (χ3v) is 8.62. The van der Waals surface area contributed by atoms with Gasteiger partial charge in [0, 0.05) is 27.1 Å². The number of carbonyl (C=O) groups is 3. The van der Waals surface area contributed by atoms with Crippen LogP contribution in [0, 0.1) is 11.3 Å². The summed E-state index contributed by atoms with van der Waals surface area (Å²) in [6.45, 7) is 2.43. The van der Waals surface area contributed by atoms with Gasteiger partial charge in [0.25, 0.3) is 11.8 Å². The summed E-state index contributed by atoms with van der Waals surface area (Å²) in [6, 6.07) is 34.7. The van der Waals surface area contributed by atoms with Crippen molar-refractivity contribution in [2.75, 3.05) is 23.0 Å². The Morgan fingerprint density at radius 1 is 0.894 bits per heavy atom. The van der Waals surface area contributed by atoms with E-state index in [1.807, 2.05) is 54.8 Å². The van der Waals surface area contributed by atoms with E-state index in [0.717, 1.165) is 16.0 Å². The van der Waals surface area contributed by atoms with E-state index < -0.39 is 11.8 Å². The monoisotopic (exact) mass is 658 g/mol. The van der Waals surface area contributed by atoms with Gasteiger partial charge in [0.1, 0.15) is 22.5 Å². The number of hydrogen-bond donors (Lipinski definition) is 3. The lowest BCUT2D eigenvalue weighted by Crippen LogP contribution is -2.30. The van der Waals surface area contributed by atoms with E-state index in [4.69, 9.17) is 4.74 Å². The van der Waals surface area contributed by atoms with Gasteiger partial charge in [0.05, 0.1) is 17.9 Å². The SMILES string of the molecule is CCOc1ccc(/C=C(/NC(=O)c2ccccc2)C(=O)Nc2cccc(SCC(=O)Nc3scc(-c4ccccc4)c3C#N)c2)cc1. The predicted molar refractivity (Wildman–Crippen MR) is 188 cm³/mol. The summed E-state index contributed by atoms with van der Waals surface area (Å²) < 4.78 is 5.51. The maximum atomic E-state index is 13.5. The van der Waals surface area contributed by atoms with Crippen LogP contribution in [0.3, 0.4) is 0 Å². The van der Waals surface area contributed by atoms with Crippen molar-refractivity contribution in [1.29, 1.82) is 5.26 Å². The summed E-state index contributed by atoms with van der Waals surface area (Å²) in [4.78, 5) is 40.1. The van der Waals surface area contributed by atoms with Gasteiger partial charge >= 0.3 is 0 Å². The molecule has 0 bridgehead atoms. The van der Waals surface area contributed by atoms with Crippen molar-refractivity contribution in [3.05, 3.63) is 137 Å². The molecule has 0 aliphatic rings. The van der Waals surface area contributed by atoms with Crippen LogP contribution >= 0.6 is 23.1 Å². The van der Waals surface area contributed by atoms with E-state index in [2.05, 4.69) is 22.0 Å². The van der Waals surface area contributed by atoms with Crippen molar-refractivity contribution in [1.82, 2.24) is 5.32 Å². The highest BCUT2D eigenvalue weighted by Crippen LogP contribution is 2.35. The molecule has 0 unspecified atom stereocenters. The Labute approximate surface area is 281 Å². The molecular formula is C37H30N4O4S2. The molecule has 3 N–H and O–H groups in total. The molecule has 3 amide bonds. The molecule has 0 atom stereocenters. The van der Waals surface area contributed by atoms with Crippen molar-refractivity contribution in [3.8, 4) is 22.9 Å². The smallest absolute Gasteiger partial charge is 0.272 e. The first kappa shape index (κ1) is 32.8. The quantitative estimate of drug-likeness (QED) is 0.0929. The number of amides is 3. The molecule has 47 heavy (non-hydrogen) atoms. The molecule has 4 aromatic carbocycles. The van der Waals surface area contributed by atoms with Crippen LogP contribution in [0.25, 0.3) is 17.2 Å². The molecule has 1 aromatic heterocycles. The van der Waals surface area contributed by atoms with E-state index in [1.54, 1.807) is 72.8 Å². The molecule has 0 saturated heterocycles. The minimum atomic E-state index is -0.515. The second-order valence-electron chi connectivity index (χ2n) is 10.0. The van der Waals surface area contributed by atoms with Gasteiger partial charge in [-0.3, -0.25) is 14.4 Å². The fraction of sp³-hybridized carbons (Fsp3) is 0.0811. The fourth-order valence-electron chi connectivity index (χ4n) is 4.50. The summed E-state index contributed by atoms with van der Waals surface area (Å²) in [6.07, 6.45) is 1.60. The van der Waals surface area contributed by atoms with E-state index in [0.29, 0.717) is 39.7 Å². The average Bonchev–Trinajstić information content (AvgIpc) is 3.51. The second kappa shape index (κ2) is 16.1. The van der Waals surface area contributed by atoms with Gasteiger partial charge in [-0.05, 0) is 66.6 Å². The highest BCUT2D eigenvalue weighted by molar-refractivity contribution is 8.00. The normalized spacial score (nSPS) is 10.9. The van der Waals surface area contributed by atoms with E-state index in [9.17, 15) is 19.6 Å². The van der Waals surface area contributed by atoms with Gasteiger partial charge in [-0.15, -0.1) is 23.1 Å². The Morgan fingerprint density at radius 3 is 2.32 bits per heavy atom. The highest BCUT2D eigenvalue weighted by Gasteiger charge is 2.17. The largest absolute Gasteiger partial charge is 0.494 e. The Balaban J connectivity index is 1.25. The molecule has 0 spiro atoms. The number of benzene rings is 4. The van der Waals surface area contributed by atoms with Gasteiger partial charge in [0.2, 0.25) is 5.91 Å². The number of carbonyl (C=O) groups excluding carboxylic acids is 3. The standard InChI is InChI=1S/C37H30N4O4S2/c1-2-45-29-18-16-25(17-19-29)20-33(40-35(43)27-12-7-4-8-13-27)36(44)39-28-14-9-15-30(21-28)46-24-34(42)41-37-31(22-38)32(23-47-37)26-10-5-3-6-11-26/h3-21,23H,2,24H2,1H3,(H,39,44)(H,40,43)(H,41,42)/b33-20+. The van der Waals surface area contributed by atoms with Gasteiger partial charge < -0.3 is 20.7 Å². The number of nitrogens with zero attached hydrogens (tertiary/aromatic N) is 1. The number of nitrogens with one attached hydrogen (secondary N) is 3. The van der Waals surface area contributed by atoms with Crippen LogP contribution < -0.4 is 20.7 Å². The summed E-state index contributed by atoms with van der Waals surface area (Å²) in [5.74, 6) is -0.401. The third kappa shape index (κ3) is 8.98. The molecule has 0 saturated carbocycles. The molecule has 8 nitrogen and oxygen atoms in total. The van der Waals surface area contributed by atoms with E-state index in [-0.39, 0.29) is 17.4 Å². The van der Waals surface area contributed by atoms with E-state index >= 15 is 0 Å². The number of rotatable bonds is 12. The average molecular weight is 659 g/mol. The second-order valence-corrected chi connectivity index (χ2v) is 12.0. The minimum absolute atomic E-state index is 0.0552. The van der Waals surface area contributed by atoms with Crippen LogP contribution in [0.1, 0.15) is 28.4 Å². The number of thiophene rings is 1. The zero-order chi connectivity index (χ0) is 33.0. The fourth-order valence-corrected chi connectivity index (χ4v) is 6.19. The topological polar surface area (TPSA) is 120 Å². The summed E-state index contributed by atoms with van der Waals surface area (Å²) in [5, 5.41) is 20.6. The predicted octanol–water partition coefficient (Wildman–Crippen LogP) is 7.83. The molecule has 0 aliphatic heterocycles. The first-order valence-electron chi connectivity index (χ1n) is 14.7. The van der Waals surface area contributed by atoms with Gasteiger partial charge in [-0.1, -0.05) is 66.7 Å².